The van der Waals surface area contributed by atoms with Crippen LogP contribution in [0.3, 0.4) is 0 Å². The minimum Gasteiger partial charge on any atom is -0.0683 e. The van der Waals surface area contributed by atoms with Gasteiger partial charge in [-0.3, -0.25) is 0 Å². The van der Waals surface area contributed by atoms with Gasteiger partial charge in [0.15, 0.2) is 0 Å². The molecule has 0 bridgehead atoms. The second-order valence-corrected chi connectivity index (χ2v) is 6.80. The first-order valence-corrected chi connectivity index (χ1v) is 9.18. The molecule has 0 radical (unpaired) electrons. The summed E-state index contributed by atoms with van der Waals surface area (Å²) >= 11 is 0. The second kappa shape index (κ2) is 11.8. The van der Waals surface area contributed by atoms with E-state index in [4.69, 9.17) is 0 Å². The standard InChI is InChI=1S/C17H34.C2H6/c1-4-12-17(14-9-6-10-15-17)13-8-5-7-11-16(2)3;1-2/h16H,4-15H2,1-3H3;1-2H3. The summed E-state index contributed by atoms with van der Waals surface area (Å²) in [4.78, 5) is 0. The highest BCUT2D eigenvalue weighted by Gasteiger charge is 2.30. The molecular weight excluding hydrogens is 228 g/mol. The molecule has 0 heteroatoms. The topological polar surface area (TPSA) is 0 Å². The van der Waals surface area contributed by atoms with Crippen LogP contribution in [0.25, 0.3) is 0 Å². The molecule has 0 aromatic heterocycles. The van der Waals surface area contributed by atoms with E-state index in [1.54, 1.807) is 0 Å². The van der Waals surface area contributed by atoms with Crippen LogP contribution in [0.1, 0.15) is 112 Å². The normalized spacial score (nSPS) is 18.0. The first-order chi connectivity index (χ1) is 9.18. The lowest BCUT2D eigenvalue weighted by Gasteiger charge is -2.37. The molecule has 0 N–H and O–H groups in total. The Balaban J connectivity index is 0.00000154. The highest BCUT2D eigenvalue weighted by atomic mass is 14.3. The molecule has 0 nitrogen and oxygen atoms in total. The SMILES string of the molecule is CC.CCCC1(CCCCCC(C)C)CCCCC1. The lowest BCUT2D eigenvalue weighted by atomic mass is 9.68. The van der Waals surface area contributed by atoms with Crippen LogP contribution in [0.15, 0.2) is 0 Å². The van der Waals surface area contributed by atoms with Crippen molar-refractivity contribution < 1.29 is 0 Å². The maximum absolute atomic E-state index is 2.37. The molecule has 0 unspecified atom stereocenters. The summed E-state index contributed by atoms with van der Waals surface area (Å²) in [5, 5.41) is 0. The van der Waals surface area contributed by atoms with E-state index in [1.807, 2.05) is 13.8 Å². The van der Waals surface area contributed by atoms with Crippen molar-refractivity contribution in [1.82, 2.24) is 0 Å². The van der Waals surface area contributed by atoms with Crippen molar-refractivity contribution in [3.8, 4) is 0 Å². The van der Waals surface area contributed by atoms with Crippen molar-refractivity contribution in [1.29, 1.82) is 0 Å². The van der Waals surface area contributed by atoms with Gasteiger partial charge in [-0.25, -0.2) is 0 Å². The zero-order valence-corrected chi connectivity index (χ0v) is 14.6. The predicted octanol–water partition coefficient (Wildman–Crippen LogP) is 7.37. The molecule has 19 heavy (non-hydrogen) atoms. The number of hydrogen-bond acceptors (Lipinski definition) is 0. The summed E-state index contributed by atoms with van der Waals surface area (Å²) in [7, 11) is 0. The molecule has 0 spiro atoms. The van der Waals surface area contributed by atoms with Crippen LogP contribution in [0, 0.1) is 11.3 Å². The fraction of sp³-hybridized carbons (Fsp3) is 1.00. The Labute approximate surface area is 123 Å². The number of hydrogen-bond donors (Lipinski definition) is 0. The zero-order chi connectivity index (χ0) is 14.6. The third-order valence-corrected chi connectivity index (χ3v) is 4.68. The van der Waals surface area contributed by atoms with E-state index in [0.717, 1.165) is 11.3 Å². The van der Waals surface area contributed by atoms with Crippen LogP contribution in [0.4, 0.5) is 0 Å². The Hall–Kier alpha value is 0. The number of unbranched alkanes of at least 4 members (excludes halogenated alkanes) is 2. The quantitative estimate of drug-likeness (QED) is 0.403. The average Bonchev–Trinajstić information content (AvgIpc) is 2.42. The lowest BCUT2D eigenvalue weighted by molar-refractivity contribution is 0.150. The van der Waals surface area contributed by atoms with Gasteiger partial charge in [0.05, 0.1) is 0 Å². The minimum atomic E-state index is 0.769. The van der Waals surface area contributed by atoms with E-state index in [1.165, 1.54) is 77.0 Å². The zero-order valence-electron chi connectivity index (χ0n) is 14.6. The van der Waals surface area contributed by atoms with E-state index in [9.17, 15) is 0 Å². The van der Waals surface area contributed by atoms with Crippen LogP contribution in [0.5, 0.6) is 0 Å². The third-order valence-electron chi connectivity index (χ3n) is 4.68. The fourth-order valence-electron chi connectivity index (χ4n) is 3.69. The van der Waals surface area contributed by atoms with Crippen LogP contribution >= 0.6 is 0 Å². The van der Waals surface area contributed by atoms with Crippen LogP contribution < -0.4 is 0 Å². The molecular formula is C19H40. The Bertz CT molecular complexity index is 169. The molecule has 0 aliphatic heterocycles. The van der Waals surface area contributed by atoms with Gasteiger partial charge >= 0.3 is 0 Å². The van der Waals surface area contributed by atoms with Crippen LogP contribution in [-0.4, -0.2) is 0 Å². The van der Waals surface area contributed by atoms with Gasteiger partial charge < -0.3 is 0 Å². The molecule has 1 aliphatic rings. The van der Waals surface area contributed by atoms with Crippen molar-refractivity contribution >= 4 is 0 Å². The Morgan fingerprint density at radius 1 is 0.842 bits per heavy atom. The van der Waals surface area contributed by atoms with Crippen molar-refractivity contribution in [2.45, 2.75) is 112 Å². The van der Waals surface area contributed by atoms with E-state index >= 15 is 0 Å². The molecule has 0 aromatic carbocycles. The predicted molar refractivity (Wildman–Crippen MR) is 89.7 cm³/mol. The van der Waals surface area contributed by atoms with Gasteiger partial charge in [0.1, 0.15) is 0 Å². The molecule has 0 saturated heterocycles. The van der Waals surface area contributed by atoms with Gasteiger partial charge in [-0.05, 0) is 37.0 Å². The van der Waals surface area contributed by atoms with Gasteiger partial charge in [-0.1, -0.05) is 86.0 Å². The van der Waals surface area contributed by atoms with Gasteiger partial charge in [-0.15, -0.1) is 0 Å². The number of rotatable bonds is 8. The van der Waals surface area contributed by atoms with Crippen molar-refractivity contribution in [2.75, 3.05) is 0 Å². The van der Waals surface area contributed by atoms with E-state index in [-0.39, 0.29) is 0 Å². The fourth-order valence-corrected chi connectivity index (χ4v) is 3.69. The minimum absolute atomic E-state index is 0.769. The molecule has 0 aromatic rings. The smallest absolute Gasteiger partial charge is 0.0298 e. The highest BCUT2D eigenvalue weighted by molar-refractivity contribution is 4.82. The summed E-state index contributed by atoms with van der Waals surface area (Å²) < 4.78 is 0. The molecule has 1 saturated carbocycles. The summed E-state index contributed by atoms with van der Waals surface area (Å²) in [5.41, 5.74) is 0.769. The van der Waals surface area contributed by atoms with Gasteiger partial charge in [0, 0.05) is 0 Å². The van der Waals surface area contributed by atoms with Gasteiger partial charge in [0.25, 0.3) is 0 Å². The maximum Gasteiger partial charge on any atom is -0.0298 e. The highest BCUT2D eigenvalue weighted by Crippen LogP contribution is 2.44. The van der Waals surface area contributed by atoms with E-state index < -0.39 is 0 Å². The maximum atomic E-state index is 2.37. The second-order valence-electron chi connectivity index (χ2n) is 6.80. The Kier molecular flexibility index (Phi) is 11.8. The largest absolute Gasteiger partial charge is 0.0683 e. The van der Waals surface area contributed by atoms with Crippen molar-refractivity contribution in [2.24, 2.45) is 11.3 Å². The molecule has 1 aliphatic carbocycles. The summed E-state index contributed by atoms with van der Waals surface area (Å²) in [6.07, 6.45) is 17.9. The van der Waals surface area contributed by atoms with Crippen molar-refractivity contribution in [3.05, 3.63) is 0 Å². The van der Waals surface area contributed by atoms with E-state index in [2.05, 4.69) is 20.8 Å². The first-order valence-electron chi connectivity index (χ1n) is 9.18. The molecule has 0 heterocycles. The van der Waals surface area contributed by atoms with Crippen LogP contribution in [0.2, 0.25) is 0 Å². The summed E-state index contributed by atoms with van der Waals surface area (Å²) in [6, 6.07) is 0. The molecule has 1 rings (SSSR count). The lowest BCUT2D eigenvalue weighted by Crippen LogP contribution is -2.23. The first kappa shape index (κ1) is 19.0. The molecule has 0 atom stereocenters. The van der Waals surface area contributed by atoms with Gasteiger partial charge in [0.2, 0.25) is 0 Å². The molecule has 116 valence electrons. The Morgan fingerprint density at radius 2 is 1.47 bits per heavy atom. The van der Waals surface area contributed by atoms with Gasteiger partial charge in [-0.2, -0.15) is 0 Å². The molecule has 0 amide bonds. The Morgan fingerprint density at radius 3 is 2.00 bits per heavy atom. The van der Waals surface area contributed by atoms with Crippen LogP contribution in [-0.2, 0) is 0 Å². The van der Waals surface area contributed by atoms with E-state index in [0.29, 0.717) is 0 Å². The summed E-state index contributed by atoms with van der Waals surface area (Å²) in [5.74, 6) is 0.897. The monoisotopic (exact) mass is 268 g/mol. The summed E-state index contributed by atoms with van der Waals surface area (Å²) in [6.45, 7) is 11.1. The average molecular weight is 269 g/mol. The molecule has 1 fully saturated rings. The van der Waals surface area contributed by atoms with Crippen molar-refractivity contribution in [3.63, 3.8) is 0 Å². The third kappa shape index (κ3) is 8.71.